The molecule has 0 spiro atoms. The molecule has 0 aliphatic rings. The molecule has 0 bridgehead atoms. The number of carbonyl (C=O) groups is 1. The first kappa shape index (κ1) is 17.0. The standard InChI is InChI=1S/C18H20FNO3/c1-22-16-7-4-5-14(11-16)12-23-13-18(21)20-10-9-15-6-2-3-8-17(15)19/h2-8,11H,9-10,12-13H2,1H3,(H,20,21). The van der Waals surface area contributed by atoms with Crippen LogP contribution in [0.3, 0.4) is 0 Å². The minimum atomic E-state index is -0.254. The number of hydrogen-bond donors (Lipinski definition) is 1. The lowest BCUT2D eigenvalue weighted by molar-refractivity contribution is -0.126. The summed E-state index contributed by atoms with van der Waals surface area (Å²) < 4.78 is 23.9. The number of benzene rings is 2. The Balaban J connectivity index is 1.66. The minimum absolute atomic E-state index is 0.0333. The predicted octanol–water partition coefficient (Wildman–Crippen LogP) is 2.71. The van der Waals surface area contributed by atoms with Gasteiger partial charge in [-0.1, -0.05) is 30.3 Å². The largest absolute Gasteiger partial charge is 0.497 e. The zero-order chi connectivity index (χ0) is 16.5. The van der Waals surface area contributed by atoms with Gasteiger partial charge in [0.05, 0.1) is 13.7 Å². The van der Waals surface area contributed by atoms with Crippen molar-refractivity contribution in [3.63, 3.8) is 0 Å². The van der Waals surface area contributed by atoms with Crippen LogP contribution in [0.15, 0.2) is 48.5 Å². The number of ether oxygens (including phenoxy) is 2. The molecule has 122 valence electrons. The van der Waals surface area contributed by atoms with E-state index in [0.717, 1.165) is 11.3 Å². The van der Waals surface area contributed by atoms with Crippen molar-refractivity contribution in [3.8, 4) is 5.75 Å². The second kappa shape index (κ2) is 8.90. The van der Waals surface area contributed by atoms with Crippen LogP contribution < -0.4 is 10.1 Å². The molecular formula is C18H20FNO3. The maximum Gasteiger partial charge on any atom is 0.246 e. The van der Waals surface area contributed by atoms with Crippen LogP contribution in [-0.4, -0.2) is 26.2 Å². The molecule has 5 heteroatoms. The Morgan fingerprint density at radius 3 is 2.78 bits per heavy atom. The summed E-state index contributed by atoms with van der Waals surface area (Å²) in [5, 5.41) is 2.71. The van der Waals surface area contributed by atoms with Gasteiger partial charge in [0, 0.05) is 6.54 Å². The molecule has 0 aliphatic carbocycles. The van der Waals surface area contributed by atoms with Crippen molar-refractivity contribution in [2.24, 2.45) is 0 Å². The summed E-state index contributed by atoms with van der Waals surface area (Å²) in [4.78, 5) is 11.7. The van der Waals surface area contributed by atoms with Crippen molar-refractivity contribution in [3.05, 3.63) is 65.5 Å². The van der Waals surface area contributed by atoms with E-state index < -0.39 is 0 Å². The van der Waals surface area contributed by atoms with E-state index >= 15 is 0 Å². The van der Waals surface area contributed by atoms with Crippen LogP contribution in [0.1, 0.15) is 11.1 Å². The van der Waals surface area contributed by atoms with Crippen LogP contribution in [0.25, 0.3) is 0 Å². The third-order valence-electron chi connectivity index (χ3n) is 3.31. The number of hydrogen-bond acceptors (Lipinski definition) is 3. The number of carbonyl (C=O) groups excluding carboxylic acids is 1. The fourth-order valence-corrected chi connectivity index (χ4v) is 2.11. The first-order chi connectivity index (χ1) is 11.2. The molecule has 2 rings (SSSR count). The highest BCUT2D eigenvalue weighted by Gasteiger charge is 2.04. The summed E-state index contributed by atoms with van der Waals surface area (Å²) in [6.07, 6.45) is 0.453. The van der Waals surface area contributed by atoms with Crippen LogP contribution >= 0.6 is 0 Å². The maximum atomic E-state index is 13.4. The van der Waals surface area contributed by atoms with E-state index in [1.807, 2.05) is 24.3 Å². The molecule has 0 radical (unpaired) electrons. The van der Waals surface area contributed by atoms with Gasteiger partial charge in [-0.15, -0.1) is 0 Å². The lowest BCUT2D eigenvalue weighted by Crippen LogP contribution is -2.29. The third-order valence-corrected chi connectivity index (χ3v) is 3.31. The van der Waals surface area contributed by atoms with E-state index in [9.17, 15) is 9.18 Å². The molecule has 2 aromatic rings. The van der Waals surface area contributed by atoms with E-state index in [1.54, 1.807) is 25.3 Å². The van der Waals surface area contributed by atoms with E-state index in [2.05, 4.69) is 5.32 Å². The van der Waals surface area contributed by atoms with Crippen molar-refractivity contribution in [1.29, 1.82) is 0 Å². The highest BCUT2D eigenvalue weighted by atomic mass is 19.1. The molecule has 0 atom stereocenters. The monoisotopic (exact) mass is 317 g/mol. The molecule has 0 heterocycles. The second-order valence-electron chi connectivity index (χ2n) is 5.04. The van der Waals surface area contributed by atoms with Gasteiger partial charge in [0.2, 0.25) is 5.91 Å². The first-order valence-electron chi connectivity index (χ1n) is 7.40. The van der Waals surface area contributed by atoms with E-state index in [0.29, 0.717) is 25.1 Å². The Labute approximate surface area is 135 Å². The summed E-state index contributed by atoms with van der Waals surface area (Å²) in [7, 11) is 1.60. The van der Waals surface area contributed by atoms with Gasteiger partial charge >= 0.3 is 0 Å². The summed E-state index contributed by atoms with van der Waals surface area (Å²) in [5.74, 6) is 0.278. The average molecular weight is 317 g/mol. The first-order valence-corrected chi connectivity index (χ1v) is 7.40. The van der Waals surface area contributed by atoms with E-state index in [1.165, 1.54) is 6.07 Å². The Hall–Kier alpha value is -2.40. The topological polar surface area (TPSA) is 47.6 Å². The van der Waals surface area contributed by atoms with Crippen LogP contribution in [0.4, 0.5) is 4.39 Å². The Bertz CT molecular complexity index is 646. The van der Waals surface area contributed by atoms with Crippen LogP contribution in [-0.2, 0) is 22.6 Å². The Kier molecular flexibility index (Phi) is 6.56. The second-order valence-corrected chi connectivity index (χ2v) is 5.04. The fraction of sp³-hybridized carbons (Fsp3) is 0.278. The molecule has 1 amide bonds. The number of methoxy groups -OCH3 is 1. The zero-order valence-electron chi connectivity index (χ0n) is 13.0. The molecule has 0 aliphatic heterocycles. The number of amides is 1. The molecule has 0 aromatic heterocycles. The molecular weight excluding hydrogens is 297 g/mol. The summed E-state index contributed by atoms with van der Waals surface area (Å²) in [6.45, 7) is 0.675. The van der Waals surface area contributed by atoms with Crippen molar-refractivity contribution >= 4 is 5.91 Å². The van der Waals surface area contributed by atoms with Crippen LogP contribution in [0.2, 0.25) is 0 Å². The predicted molar refractivity (Wildman–Crippen MR) is 85.8 cm³/mol. The highest BCUT2D eigenvalue weighted by Crippen LogP contribution is 2.13. The molecule has 0 unspecified atom stereocenters. The minimum Gasteiger partial charge on any atom is -0.497 e. The van der Waals surface area contributed by atoms with E-state index in [4.69, 9.17) is 9.47 Å². The van der Waals surface area contributed by atoms with Crippen LogP contribution in [0.5, 0.6) is 5.75 Å². The Morgan fingerprint density at radius 1 is 1.17 bits per heavy atom. The molecule has 0 saturated heterocycles. The van der Waals surface area contributed by atoms with Gasteiger partial charge in [0.25, 0.3) is 0 Å². The smallest absolute Gasteiger partial charge is 0.246 e. The summed E-state index contributed by atoms with van der Waals surface area (Å²) in [5.41, 5.74) is 1.52. The van der Waals surface area contributed by atoms with Crippen molar-refractivity contribution in [2.75, 3.05) is 20.3 Å². The highest BCUT2D eigenvalue weighted by molar-refractivity contribution is 5.77. The molecule has 1 N–H and O–H groups in total. The van der Waals surface area contributed by atoms with Gasteiger partial charge in [-0.2, -0.15) is 0 Å². The molecule has 0 saturated carbocycles. The van der Waals surface area contributed by atoms with Gasteiger partial charge in [0.1, 0.15) is 18.2 Å². The average Bonchev–Trinajstić information content (AvgIpc) is 2.57. The lowest BCUT2D eigenvalue weighted by Gasteiger charge is -2.08. The van der Waals surface area contributed by atoms with Gasteiger partial charge in [0.15, 0.2) is 0 Å². The zero-order valence-corrected chi connectivity index (χ0v) is 13.0. The molecule has 4 nitrogen and oxygen atoms in total. The number of rotatable bonds is 8. The SMILES string of the molecule is COc1cccc(COCC(=O)NCCc2ccccc2F)c1. The lowest BCUT2D eigenvalue weighted by atomic mass is 10.1. The number of nitrogens with one attached hydrogen (secondary N) is 1. The van der Waals surface area contributed by atoms with Gasteiger partial charge < -0.3 is 14.8 Å². The third kappa shape index (κ3) is 5.71. The molecule has 23 heavy (non-hydrogen) atoms. The molecule has 2 aromatic carbocycles. The normalized spacial score (nSPS) is 10.3. The fourth-order valence-electron chi connectivity index (χ4n) is 2.11. The van der Waals surface area contributed by atoms with Gasteiger partial charge in [-0.3, -0.25) is 4.79 Å². The molecule has 0 fully saturated rings. The maximum absolute atomic E-state index is 13.4. The van der Waals surface area contributed by atoms with Gasteiger partial charge in [-0.05, 0) is 35.7 Å². The van der Waals surface area contributed by atoms with Crippen molar-refractivity contribution in [1.82, 2.24) is 5.32 Å². The van der Waals surface area contributed by atoms with Crippen molar-refractivity contribution < 1.29 is 18.7 Å². The van der Waals surface area contributed by atoms with E-state index in [-0.39, 0.29) is 18.3 Å². The summed E-state index contributed by atoms with van der Waals surface area (Å²) >= 11 is 0. The van der Waals surface area contributed by atoms with Crippen LogP contribution in [0, 0.1) is 5.82 Å². The summed E-state index contributed by atoms with van der Waals surface area (Å²) in [6, 6.07) is 14.0. The van der Waals surface area contributed by atoms with Gasteiger partial charge in [-0.25, -0.2) is 4.39 Å². The van der Waals surface area contributed by atoms with Crippen molar-refractivity contribution in [2.45, 2.75) is 13.0 Å². The quantitative estimate of drug-likeness (QED) is 0.814. The Morgan fingerprint density at radius 2 is 2.00 bits per heavy atom. The number of halogens is 1.